The molecule has 158 valence electrons. The van der Waals surface area contributed by atoms with Crippen LogP contribution in [0.1, 0.15) is 12.6 Å². The van der Waals surface area contributed by atoms with Crippen LogP contribution in [0.4, 0.5) is 5.95 Å². The van der Waals surface area contributed by atoms with Crippen molar-refractivity contribution in [3.05, 3.63) is 6.33 Å². The van der Waals surface area contributed by atoms with Gasteiger partial charge in [-0.15, -0.1) is 0 Å². The molecule has 2 aromatic heterocycles. The Morgan fingerprint density at radius 1 is 1.31 bits per heavy atom. The van der Waals surface area contributed by atoms with Crippen LogP contribution in [0.25, 0.3) is 11.2 Å². The van der Waals surface area contributed by atoms with E-state index in [1.165, 1.54) is 10.9 Å². The Bertz CT molecular complexity index is 793. The Hall–Kier alpha value is 0.0200. The van der Waals surface area contributed by atoms with Crippen molar-refractivity contribution in [1.82, 2.24) is 19.5 Å². The van der Waals surface area contributed by atoms with Gasteiger partial charge in [-0.25, -0.2) is 9.97 Å². The first-order chi connectivity index (χ1) is 10.7. The number of fused-ring (bicyclic) bond motifs is 1. The summed E-state index contributed by atoms with van der Waals surface area (Å²) >= 11 is 0. The molecule has 0 bridgehead atoms. The number of aliphatic hydroxyl groups excluding tert-OH is 1. The predicted octanol–water partition coefficient (Wildman–Crippen LogP) is -11.7. The van der Waals surface area contributed by atoms with Gasteiger partial charge in [-0.05, 0) is 0 Å². The Balaban J connectivity index is -0.000000521. The summed E-state index contributed by atoms with van der Waals surface area (Å²) in [6.45, 7) is -0.550. The number of nitrogens with two attached hydrogens (primary N) is 1. The molecule has 19 heteroatoms. The van der Waals surface area contributed by atoms with E-state index in [2.05, 4.69) is 19.5 Å². The van der Waals surface area contributed by atoms with E-state index in [1.807, 2.05) is 0 Å². The van der Waals surface area contributed by atoms with Gasteiger partial charge in [0.15, 0.2) is 5.65 Å². The minimum absolute atomic E-state index is 0. The molecule has 2 aromatic rings. The molecule has 29 heavy (non-hydrogen) atoms. The van der Waals surface area contributed by atoms with Crippen molar-refractivity contribution in [3.63, 3.8) is 0 Å². The van der Waals surface area contributed by atoms with E-state index in [0.29, 0.717) is 0 Å². The summed E-state index contributed by atoms with van der Waals surface area (Å²) in [6, 6.07) is 0. The van der Waals surface area contributed by atoms with E-state index in [1.54, 1.807) is 0 Å². The average Bonchev–Trinajstić information content (AvgIpc) is 2.99. The van der Waals surface area contributed by atoms with E-state index >= 15 is 0 Å². The van der Waals surface area contributed by atoms with Crippen molar-refractivity contribution in [2.75, 3.05) is 12.3 Å². The van der Waals surface area contributed by atoms with Crippen molar-refractivity contribution < 1.29 is 115 Å². The molecule has 12 N–H and O–H groups in total. The van der Waals surface area contributed by atoms with Gasteiger partial charge in [0.25, 0.3) is 7.82 Å². The molecule has 3 heterocycles. The second-order valence-electron chi connectivity index (χ2n) is 4.91. The van der Waals surface area contributed by atoms with Crippen molar-refractivity contribution in [2.45, 2.75) is 24.9 Å². The molecule has 0 aromatic carbocycles. The standard InChI is InChI=1S/C10H14N5O7P.2Na.4H2O/c11-10-13-8-7(9(17)14-10)12-3-15(8)6-1-4(16)5(22-6)2-21-23(18,19)20;;;;;;/h3-6,16H,1-2H2,(H2,18,19,20)(H3,11,13,14,17);;;4*1H2/q;2*+1;;;;/p-2. The first-order valence-electron chi connectivity index (χ1n) is 6.43. The third kappa shape index (κ3) is 8.58. The van der Waals surface area contributed by atoms with Crippen LogP contribution in [0, 0.1) is 0 Å². The third-order valence-electron chi connectivity index (χ3n) is 3.32. The largest absolute Gasteiger partial charge is 1.00 e. The zero-order valence-corrected chi connectivity index (χ0v) is 20.4. The van der Waals surface area contributed by atoms with Gasteiger partial charge in [-0.2, -0.15) is 4.98 Å². The summed E-state index contributed by atoms with van der Waals surface area (Å²) in [5.74, 6) is -0.868. The van der Waals surface area contributed by atoms with E-state index in [-0.39, 0.29) is 105 Å². The molecule has 0 aliphatic carbocycles. The van der Waals surface area contributed by atoms with Crippen LogP contribution < -0.4 is 74.8 Å². The van der Waals surface area contributed by atoms with Gasteiger partial charge in [-0.1, -0.05) is 0 Å². The van der Waals surface area contributed by atoms with Gasteiger partial charge in [0.2, 0.25) is 5.95 Å². The maximum atomic E-state index is 11.7. The van der Waals surface area contributed by atoms with Crippen molar-refractivity contribution in [1.29, 1.82) is 0 Å². The number of hydrogen-bond donors (Lipinski definition) is 3. The molecule has 16 nitrogen and oxygen atoms in total. The van der Waals surface area contributed by atoms with Crippen LogP contribution >= 0.6 is 7.82 Å². The SMILES string of the molecule is Nc1nc([O-])c2ncn(C3CC(O)C(COP(=O)([O-])O)O3)c2n1.O.O.O.O.[Na+].[Na+]. The number of phosphoric ester groups is 1. The van der Waals surface area contributed by atoms with Gasteiger partial charge < -0.3 is 56.9 Å². The van der Waals surface area contributed by atoms with Gasteiger partial charge >= 0.3 is 59.1 Å². The van der Waals surface area contributed by atoms with Gasteiger partial charge in [0.1, 0.15) is 17.8 Å². The summed E-state index contributed by atoms with van der Waals surface area (Å²) in [4.78, 5) is 30.4. The zero-order valence-electron chi connectivity index (χ0n) is 15.5. The van der Waals surface area contributed by atoms with Crippen LogP contribution in [0.15, 0.2) is 6.33 Å². The first kappa shape index (κ1) is 36.4. The van der Waals surface area contributed by atoms with E-state index < -0.39 is 38.7 Å². The molecule has 0 spiro atoms. The smallest absolute Gasteiger partial charge is 0.857 e. The molecule has 3 rings (SSSR count). The fourth-order valence-electron chi connectivity index (χ4n) is 2.32. The first-order valence-corrected chi connectivity index (χ1v) is 7.93. The van der Waals surface area contributed by atoms with Crippen LogP contribution in [0.2, 0.25) is 0 Å². The Kier molecular flexibility index (Phi) is 17.8. The van der Waals surface area contributed by atoms with Gasteiger partial charge in [-0.3, -0.25) is 9.13 Å². The number of ether oxygens (including phenoxy) is 1. The minimum atomic E-state index is -4.92. The molecule has 1 aliphatic rings. The molecular formula is C10H20N5Na2O11P. The number of aromatic nitrogens is 4. The molecule has 4 unspecified atom stereocenters. The number of imidazole rings is 1. The molecule has 4 atom stereocenters. The number of nitrogen functional groups attached to an aromatic ring is 1. The summed E-state index contributed by atoms with van der Waals surface area (Å²) in [5, 5.41) is 21.6. The second-order valence-corrected chi connectivity index (χ2v) is 6.10. The topological polar surface area (TPSA) is 318 Å². The number of nitrogens with zero attached hydrogens (tertiary/aromatic N) is 4. The summed E-state index contributed by atoms with van der Waals surface area (Å²) in [7, 11) is -4.92. The third-order valence-corrected chi connectivity index (χ3v) is 3.80. The van der Waals surface area contributed by atoms with Crippen molar-refractivity contribution >= 4 is 24.9 Å². The Labute approximate surface area is 207 Å². The quantitative estimate of drug-likeness (QED) is 0.282. The molecule has 1 fully saturated rings. The maximum absolute atomic E-state index is 11.7. The maximum Gasteiger partial charge on any atom is 1.00 e. The number of rotatable bonds is 4. The van der Waals surface area contributed by atoms with Crippen LogP contribution in [-0.2, 0) is 13.8 Å². The second kappa shape index (κ2) is 14.2. The van der Waals surface area contributed by atoms with Crippen LogP contribution in [0.5, 0.6) is 5.88 Å². The minimum Gasteiger partial charge on any atom is -0.857 e. The number of aliphatic hydroxyl groups is 1. The zero-order chi connectivity index (χ0) is 16.8. The molecule has 1 aliphatic heterocycles. The number of hydrogen-bond acceptors (Lipinski definition) is 10. The number of phosphoric acid groups is 1. The monoisotopic (exact) mass is 463 g/mol. The molecular weight excluding hydrogens is 443 g/mol. The van der Waals surface area contributed by atoms with E-state index in [9.17, 15) is 19.7 Å². The predicted molar refractivity (Wildman–Crippen MR) is 83.9 cm³/mol. The fourth-order valence-corrected chi connectivity index (χ4v) is 2.66. The van der Waals surface area contributed by atoms with E-state index in [0.717, 1.165) is 0 Å². The Morgan fingerprint density at radius 3 is 2.45 bits per heavy atom. The van der Waals surface area contributed by atoms with Crippen LogP contribution in [-0.4, -0.2) is 70.2 Å². The van der Waals surface area contributed by atoms with Crippen LogP contribution in [0.3, 0.4) is 0 Å². The fraction of sp³-hybridized carbons (Fsp3) is 0.500. The van der Waals surface area contributed by atoms with E-state index in [4.69, 9.17) is 15.4 Å². The van der Waals surface area contributed by atoms with Crippen molar-refractivity contribution in [3.8, 4) is 5.88 Å². The van der Waals surface area contributed by atoms with Gasteiger partial charge in [0.05, 0.1) is 19.0 Å². The summed E-state index contributed by atoms with van der Waals surface area (Å²) in [5.41, 5.74) is 5.57. The summed E-state index contributed by atoms with van der Waals surface area (Å²) < 4.78 is 21.7. The molecule has 1 saturated heterocycles. The Morgan fingerprint density at radius 2 is 1.90 bits per heavy atom. The molecule has 0 amide bonds. The normalized spacial score (nSPS) is 21.7. The summed E-state index contributed by atoms with van der Waals surface area (Å²) in [6.07, 6.45) is -1.44. The van der Waals surface area contributed by atoms with Crippen molar-refractivity contribution in [2.24, 2.45) is 0 Å². The molecule has 0 radical (unpaired) electrons. The molecule has 0 saturated carbocycles. The number of anilines is 1. The average molecular weight is 463 g/mol. The van der Waals surface area contributed by atoms with Gasteiger partial charge in [0, 0.05) is 12.3 Å².